The Balaban J connectivity index is 1.58. The molecule has 4 aromatic rings. The molecule has 1 amide bonds. The number of carbonyl (C=O) groups is 1. The van der Waals surface area contributed by atoms with Crippen molar-refractivity contribution < 1.29 is 4.79 Å². The maximum absolute atomic E-state index is 13.6. The van der Waals surface area contributed by atoms with Crippen LogP contribution in [-0.2, 0) is 11.2 Å². The molecule has 0 atom stereocenters. The molecule has 5 rings (SSSR count). The first kappa shape index (κ1) is 22.9. The second-order valence-corrected chi connectivity index (χ2v) is 9.47. The molecule has 174 valence electrons. The van der Waals surface area contributed by atoms with Gasteiger partial charge in [0.05, 0.1) is 16.3 Å². The van der Waals surface area contributed by atoms with Gasteiger partial charge in [-0.3, -0.25) is 9.69 Å². The Morgan fingerprint density at radius 3 is 2.26 bits per heavy atom. The lowest BCUT2D eigenvalue weighted by Crippen LogP contribution is -2.28. The molecule has 1 aliphatic heterocycles. The Kier molecular flexibility index (Phi) is 6.43. The molecule has 0 N–H and O–H groups in total. The third-order valence-corrected chi connectivity index (χ3v) is 7.14. The average molecular weight is 478 g/mol. The Hall–Kier alpha value is -3.83. The Bertz CT molecular complexity index is 1440. The van der Waals surface area contributed by atoms with Crippen molar-refractivity contribution in [3.63, 3.8) is 0 Å². The predicted octanol–water partition coefficient (Wildman–Crippen LogP) is 7.47. The number of carbonyl (C=O) groups excluding carboxylic acids is 1. The van der Waals surface area contributed by atoms with Crippen molar-refractivity contribution in [3.05, 3.63) is 118 Å². The molecular formula is C30H27N3OS. The number of aryl methyl sites for hydroxylation is 2. The molecule has 0 aliphatic carbocycles. The van der Waals surface area contributed by atoms with E-state index in [-0.39, 0.29) is 5.91 Å². The number of benzene rings is 3. The molecule has 5 heteroatoms. The summed E-state index contributed by atoms with van der Waals surface area (Å²) in [5.74, 6) is -0.0605. The summed E-state index contributed by atoms with van der Waals surface area (Å²) in [6, 6.07) is 30.1. The number of rotatable bonds is 5. The minimum Gasteiger partial charge on any atom is -0.318 e. The number of para-hydroxylation sites is 3. The molecule has 4 nitrogen and oxygen atoms in total. The number of hydrogen-bond acceptors (Lipinski definition) is 3. The fourth-order valence-corrected chi connectivity index (χ4v) is 5.43. The Morgan fingerprint density at radius 2 is 1.54 bits per heavy atom. The smallest absolute Gasteiger partial charge is 0.271 e. The van der Waals surface area contributed by atoms with Gasteiger partial charge in [0.15, 0.2) is 5.17 Å². The van der Waals surface area contributed by atoms with Crippen LogP contribution in [-0.4, -0.2) is 15.6 Å². The minimum absolute atomic E-state index is 0.0605. The number of amidine groups is 1. The fourth-order valence-electron chi connectivity index (χ4n) is 4.44. The van der Waals surface area contributed by atoms with Crippen molar-refractivity contribution in [2.75, 3.05) is 4.90 Å². The lowest BCUT2D eigenvalue weighted by molar-refractivity contribution is -0.113. The highest BCUT2D eigenvalue weighted by Gasteiger charge is 2.35. The molecule has 0 spiro atoms. The summed E-state index contributed by atoms with van der Waals surface area (Å²) in [5.41, 5.74) is 7.42. The van der Waals surface area contributed by atoms with E-state index in [9.17, 15) is 4.79 Å². The summed E-state index contributed by atoms with van der Waals surface area (Å²) in [6.45, 7) is 6.41. The molecule has 35 heavy (non-hydrogen) atoms. The first-order chi connectivity index (χ1) is 17.1. The number of anilines is 1. The van der Waals surface area contributed by atoms with Crippen LogP contribution >= 0.6 is 11.8 Å². The molecule has 1 fully saturated rings. The molecule has 3 aromatic carbocycles. The van der Waals surface area contributed by atoms with Gasteiger partial charge in [0.2, 0.25) is 0 Å². The highest BCUT2D eigenvalue weighted by molar-refractivity contribution is 8.19. The van der Waals surface area contributed by atoms with E-state index in [0.717, 1.165) is 34.7 Å². The van der Waals surface area contributed by atoms with Gasteiger partial charge in [-0.05, 0) is 85.6 Å². The minimum atomic E-state index is -0.0605. The van der Waals surface area contributed by atoms with Crippen molar-refractivity contribution >= 4 is 40.3 Å². The monoisotopic (exact) mass is 477 g/mol. The normalized spacial score (nSPS) is 16.0. The van der Waals surface area contributed by atoms with Crippen molar-refractivity contribution in [3.8, 4) is 5.69 Å². The van der Waals surface area contributed by atoms with E-state index in [1.807, 2.05) is 66.7 Å². The third kappa shape index (κ3) is 4.47. The van der Waals surface area contributed by atoms with E-state index in [1.54, 1.807) is 4.90 Å². The zero-order valence-corrected chi connectivity index (χ0v) is 20.9. The summed E-state index contributed by atoms with van der Waals surface area (Å²) >= 11 is 1.42. The number of aromatic nitrogens is 1. The van der Waals surface area contributed by atoms with Crippen molar-refractivity contribution in [1.82, 2.24) is 4.57 Å². The van der Waals surface area contributed by atoms with Gasteiger partial charge in [0.25, 0.3) is 5.91 Å². The summed E-state index contributed by atoms with van der Waals surface area (Å²) in [5, 5.41) is 0.656. The van der Waals surface area contributed by atoms with Gasteiger partial charge in [0.1, 0.15) is 0 Å². The van der Waals surface area contributed by atoms with Gasteiger partial charge in [-0.1, -0.05) is 61.5 Å². The quantitative estimate of drug-likeness (QED) is 0.280. The van der Waals surface area contributed by atoms with Gasteiger partial charge in [-0.15, -0.1) is 0 Å². The molecular weight excluding hydrogens is 450 g/mol. The highest BCUT2D eigenvalue weighted by Crippen LogP contribution is 2.38. The molecule has 1 saturated heterocycles. The number of hydrogen-bond donors (Lipinski definition) is 0. The Morgan fingerprint density at radius 1 is 0.886 bits per heavy atom. The van der Waals surface area contributed by atoms with Crippen LogP contribution in [0, 0.1) is 13.8 Å². The number of nitrogens with zero attached hydrogens (tertiary/aromatic N) is 3. The first-order valence-electron chi connectivity index (χ1n) is 11.8. The SMILES string of the molecule is CCc1ccccc1-n1c(C)cc(/C=C2\SC(=Nc3ccccc3)N(c3ccccc3)C2=O)c1C. The summed E-state index contributed by atoms with van der Waals surface area (Å²) < 4.78 is 2.28. The zero-order chi connectivity index (χ0) is 24.4. The van der Waals surface area contributed by atoms with E-state index >= 15 is 0 Å². The summed E-state index contributed by atoms with van der Waals surface area (Å²) in [4.78, 5) is 20.8. The lowest BCUT2D eigenvalue weighted by atomic mass is 10.1. The standard InChI is InChI=1S/C30H27N3OS/c1-4-23-13-11-12-18-27(23)32-21(2)19-24(22(32)3)20-28-29(34)33(26-16-9-6-10-17-26)30(35-28)31-25-14-7-5-8-15-25/h5-20H,4H2,1-3H3/b28-20-,31-30?. The van der Waals surface area contributed by atoms with E-state index in [2.05, 4.69) is 55.7 Å². The summed E-state index contributed by atoms with van der Waals surface area (Å²) in [6.07, 6.45) is 2.97. The number of aliphatic imine (C=N–C) groups is 1. The molecule has 0 unspecified atom stereocenters. The molecule has 0 saturated carbocycles. The van der Waals surface area contributed by atoms with Crippen molar-refractivity contribution in [2.45, 2.75) is 27.2 Å². The topological polar surface area (TPSA) is 37.6 Å². The van der Waals surface area contributed by atoms with Crippen LogP contribution in [0.5, 0.6) is 0 Å². The number of amides is 1. The van der Waals surface area contributed by atoms with Crippen LogP contribution < -0.4 is 4.90 Å². The van der Waals surface area contributed by atoms with Gasteiger partial charge in [-0.2, -0.15) is 0 Å². The van der Waals surface area contributed by atoms with Gasteiger partial charge >= 0.3 is 0 Å². The van der Waals surface area contributed by atoms with Crippen LogP contribution in [0.25, 0.3) is 11.8 Å². The van der Waals surface area contributed by atoms with Crippen LogP contribution in [0.4, 0.5) is 11.4 Å². The predicted molar refractivity (Wildman–Crippen MR) is 148 cm³/mol. The molecule has 2 heterocycles. The van der Waals surface area contributed by atoms with Crippen LogP contribution in [0.3, 0.4) is 0 Å². The van der Waals surface area contributed by atoms with Crippen molar-refractivity contribution in [2.24, 2.45) is 4.99 Å². The second kappa shape index (κ2) is 9.80. The fraction of sp³-hybridized carbons (Fsp3) is 0.133. The molecule has 0 bridgehead atoms. The van der Waals surface area contributed by atoms with Crippen LogP contribution in [0.15, 0.2) is 101 Å². The second-order valence-electron chi connectivity index (χ2n) is 8.46. The largest absolute Gasteiger partial charge is 0.318 e. The molecule has 1 aliphatic rings. The van der Waals surface area contributed by atoms with E-state index in [0.29, 0.717) is 10.1 Å². The van der Waals surface area contributed by atoms with Gasteiger partial charge in [0, 0.05) is 17.1 Å². The van der Waals surface area contributed by atoms with E-state index in [4.69, 9.17) is 4.99 Å². The average Bonchev–Trinajstić information content (AvgIpc) is 3.34. The van der Waals surface area contributed by atoms with Crippen LogP contribution in [0.2, 0.25) is 0 Å². The maximum Gasteiger partial charge on any atom is 0.271 e. The molecule has 0 radical (unpaired) electrons. The van der Waals surface area contributed by atoms with Gasteiger partial charge in [-0.25, -0.2) is 4.99 Å². The zero-order valence-electron chi connectivity index (χ0n) is 20.1. The van der Waals surface area contributed by atoms with Crippen molar-refractivity contribution in [1.29, 1.82) is 0 Å². The molecule has 1 aromatic heterocycles. The number of thioether (sulfide) groups is 1. The first-order valence-corrected chi connectivity index (χ1v) is 12.6. The highest BCUT2D eigenvalue weighted by atomic mass is 32.2. The summed E-state index contributed by atoms with van der Waals surface area (Å²) in [7, 11) is 0. The lowest BCUT2D eigenvalue weighted by Gasteiger charge is -2.15. The van der Waals surface area contributed by atoms with Gasteiger partial charge < -0.3 is 4.57 Å². The Labute approximate surface area is 210 Å². The third-order valence-electron chi connectivity index (χ3n) is 6.17. The van der Waals surface area contributed by atoms with E-state index in [1.165, 1.54) is 23.0 Å². The maximum atomic E-state index is 13.6. The van der Waals surface area contributed by atoms with Crippen LogP contribution in [0.1, 0.15) is 29.4 Å². The van der Waals surface area contributed by atoms with E-state index < -0.39 is 0 Å².